The molecule has 1 aromatic carbocycles. The van der Waals surface area contributed by atoms with Crippen molar-refractivity contribution in [2.45, 2.75) is 52.6 Å². The van der Waals surface area contributed by atoms with Crippen LogP contribution in [0.4, 0.5) is 10.7 Å². The molecule has 6 rings (SSSR count). The number of likely N-dealkylation sites (tertiary alicyclic amines) is 1. The number of hydrogen-bond donors (Lipinski definition) is 1. The lowest BCUT2D eigenvalue weighted by Gasteiger charge is -2.39. The zero-order chi connectivity index (χ0) is 28.2. The first-order chi connectivity index (χ1) is 19.1. The Morgan fingerprint density at radius 3 is 2.55 bits per heavy atom. The van der Waals surface area contributed by atoms with Gasteiger partial charge in [0.1, 0.15) is 16.8 Å². The number of aromatic nitrogens is 4. The Bertz CT molecular complexity index is 1690. The zero-order valence-corrected chi connectivity index (χ0v) is 23.3. The number of fused-ring (bicyclic) bond motifs is 5. The van der Waals surface area contributed by atoms with Crippen molar-refractivity contribution in [1.82, 2.24) is 24.3 Å². The molecule has 11 nitrogen and oxygen atoms in total. The molecule has 2 fully saturated rings. The second-order valence-corrected chi connectivity index (χ2v) is 11.8. The highest BCUT2D eigenvalue weighted by Crippen LogP contribution is 2.41. The Morgan fingerprint density at radius 2 is 1.82 bits per heavy atom. The highest BCUT2D eigenvalue weighted by molar-refractivity contribution is 6.02. The SMILES string of the molecule is CCOC(=O)c1c(=O)c2cnc(N3CCC4(CCN(C(=O)OC(C)(C)C)CC4)C3)nc2n2c1[nH]c1ccccc12. The first kappa shape index (κ1) is 26.1. The van der Waals surface area contributed by atoms with Crippen LogP contribution in [0.25, 0.3) is 27.7 Å². The van der Waals surface area contributed by atoms with Gasteiger partial charge in [0.05, 0.1) is 23.0 Å². The predicted molar refractivity (Wildman–Crippen MR) is 151 cm³/mol. The van der Waals surface area contributed by atoms with Crippen molar-refractivity contribution in [3.05, 3.63) is 46.2 Å². The Morgan fingerprint density at radius 1 is 1.10 bits per heavy atom. The number of amides is 1. The van der Waals surface area contributed by atoms with E-state index < -0.39 is 17.0 Å². The van der Waals surface area contributed by atoms with Crippen LogP contribution in [0.3, 0.4) is 0 Å². The van der Waals surface area contributed by atoms with Crippen molar-refractivity contribution in [3.63, 3.8) is 0 Å². The molecule has 0 saturated carbocycles. The molecular weight excluding hydrogens is 512 g/mol. The molecular formula is C29H34N6O5. The summed E-state index contributed by atoms with van der Waals surface area (Å²) in [7, 11) is 0. The van der Waals surface area contributed by atoms with Crippen LogP contribution in [0.1, 0.15) is 57.3 Å². The van der Waals surface area contributed by atoms with Crippen LogP contribution in [0.5, 0.6) is 0 Å². The number of aromatic amines is 1. The maximum absolute atomic E-state index is 13.5. The number of carbonyl (C=O) groups excluding carboxylic acids is 2. The standard InChI is InChI=1S/C29H34N6O5/c1-5-39-25(37)21-22(36)18-16-30-26(32-23(18)35-20-9-7-6-8-19(20)31-24(21)35)34-15-12-29(17-34)10-13-33(14-11-29)27(38)40-28(2,3)4/h6-9,16,31H,5,10-15,17H2,1-4H3. The average molecular weight is 547 g/mol. The topological polar surface area (TPSA) is 122 Å². The van der Waals surface area contributed by atoms with Crippen LogP contribution in [-0.4, -0.2) is 74.7 Å². The van der Waals surface area contributed by atoms with Crippen molar-refractivity contribution >= 4 is 45.7 Å². The summed E-state index contributed by atoms with van der Waals surface area (Å²) < 4.78 is 12.6. The molecule has 0 bridgehead atoms. The molecule has 0 aliphatic carbocycles. The summed E-state index contributed by atoms with van der Waals surface area (Å²) >= 11 is 0. The molecule has 3 aromatic heterocycles. The van der Waals surface area contributed by atoms with Gasteiger partial charge in [-0.15, -0.1) is 0 Å². The minimum atomic E-state index is -0.679. The number of anilines is 1. The van der Waals surface area contributed by atoms with Gasteiger partial charge in [-0.1, -0.05) is 12.1 Å². The third kappa shape index (κ3) is 4.43. The van der Waals surface area contributed by atoms with E-state index in [-0.39, 0.29) is 29.1 Å². The van der Waals surface area contributed by atoms with Crippen molar-refractivity contribution in [1.29, 1.82) is 0 Å². The quantitative estimate of drug-likeness (QED) is 0.381. The smallest absolute Gasteiger partial charge is 0.410 e. The third-order valence-corrected chi connectivity index (χ3v) is 7.97. The number of H-pyrrole nitrogens is 1. The largest absolute Gasteiger partial charge is 0.462 e. The number of nitrogens with one attached hydrogen (secondary N) is 1. The number of ether oxygens (including phenoxy) is 2. The average Bonchev–Trinajstić information content (AvgIpc) is 3.50. The molecule has 2 aliphatic heterocycles. The normalized spacial score (nSPS) is 17.3. The lowest BCUT2D eigenvalue weighted by atomic mass is 9.78. The lowest BCUT2D eigenvalue weighted by molar-refractivity contribution is 0.0121. The number of hydrogen-bond acceptors (Lipinski definition) is 8. The number of pyridine rings is 1. The lowest BCUT2D eigenvalue weighted by Crippen LogP contribution is -2.46. The fourth-order valence-corrected chi connectivity index (χ4v) is 5.96. The summed E-state index contributed by atoms with van der Waals surface area (Å²) in [6, 6.07) is 7.60. The van der Waals surface area contributed by atoms with Gasteiger partial charge in [0, 0.05) is 32.4 Å². The molecule has 40 heavy (non-hydrogen) atoms. The summed E-state index contributed by atoms with van der Waals surface area (Å²) in [4.78, 5) is 55.6. The summed E-state index contributed by atoms with van der Waals surface area (Å²) in [5, 5.41) is 0.258. The van der Waals surface area contributed by atoms with Crippen LogP contribution in [0.15, 0.2) is 35.3 Å². The number of rotatable bonds is 3. The van der Waals surface area contributed by atoms with Crippen molar-refractivity contribution in [2.75, 3.05) is 37.7 Å². The third-order valence-electron chi connectivity index (χ3n) is 7.97. The minimum Gasteiger partial charge on any atom is -0.462 e. The molecule has 4 aromatic rings. The number of imidazole rings is 1. The zero-order valence-electron chi connectivity index (χ0n) is 23.3. The monoisotopic (exact) mass is 546 g/mol. The summed E-state index contributed by atoms with van der Waals surface area (Å²) in [5.41, 5.74) is 1.40. The molecule has 1 spiro atoms. The maximum atomic E-state index is 13.5. The Kier molecular flexibility index (Phi) is 6.19. The van der Waals surface area contributed by atoms with Gasteiger partial charge in [0.2, 0.25) is 11.4 Å². The molecule has 0 radical (unpaired) electrons. The highest BCUT2D eigenvalue weighted by Gasteiger charge is 2.43. The molecule has 0 atom stereocenters. The van der Waals surface area contributed by atoms with E-state index in [1.54, 1.807) is 11.8 Å². The van der Waals surface area contributed by atoms with Gasteiger partial charge in [0.15, 0.2) is 5.65 Å². The van der Waals surface area contributed by atoms with Crippen LogP contribution >= 0.6 is 0 Å². The van der Waals surface area contributed by atoms with E-state index in [1.165, 1.54) is 6.20 Å². The molecule has 11 heteroatoms. The van der Waals surface area contributed by atoms with E-state index in [0.717, 1.165) is 43.4 Å². The van der Waals surface area contributed by atoms with E-state index in [9.17, 15) is 14.4 Å². The van der Waals surface area contributed by atoms with Crippen LogP contribution in [0, 0.1) is 5.41 Å². The van der Waals surface area contributed by atoms with Gasteiger partial charge < -0.3 is 24.3 Å². The van der Waals surface area contributed by atoms with E-state index in [1.807, 2.05) is 49.4 Å². The number of benzene rings is 1. The molecule has 0 unspecified atom stereocenters. The van der Waals surface area contributed by atoms with Gasteiger partial charge >= 0.3 is 12.1 Å². The second-order valence-electron chi connectivity index (χ2n) is 11.8. The van der Waals surface area contributed by atoms with E-state index in [4.69, 9.17) is 14.5 Å². The minimum absolute atomic E-state index is 0.0567. The summed E-state index contributed by atoms with van der Waals surface area (Å²) in [6.45, 7) is 10.4. The molecule has 2 saturated heterocycles. The molecule has 210 valence electrons. The number of para-hydroxylation sites is 2. The molecule has 1 amide bonds. The first-order valence-electron chi connectivity index (χ1n) is 13.8. The number of nitrogens with zero attached hydrogens (tertiary/aromatic N) is 5. The number of esters is 1. The van der Waals surface area contributed by atoms with Crippen molar-refractivity contribution in [3.8, 4) is 0 Å². The Hall–Kier alpha value is -4.15. The van der Waals surface area contributed by atoms with E-state index in [2.05, 4.69) is 14.9 Å². The molecule has 1 N–H and O–H groups in total. The Balaban J connectivity index is 1.33. The number of piperidine rings is 1. The summed E-state index contributed by atoms with van der Waals surface area (Å²) in [5.74, 6) is -0.136. The van der Waals surface area contributed by atoms with Crippen LogP contribution in [-0.2, 0) is 9.47 Å². The number of carbonyl (C=O) groups is 2. The molecule has 5 heterocycles. The van der Waals surface area contributed by atoms with Gasteiger partial charge in [-0.05, 0) is 64.5 Å². The van der Waals surface area contributed by atoms with Gasteiger partial charge in [-0.25, -0.2) is 14.6 Å². The van der Waals surface area contributed by atoms with Gasteiger partial charge in [0.25, 0.3) is 0 Å². The maximum Gasteiger partial charge on any atom is 0.410 e. The fraction of sp³-hybridized carbons (Fsp3) is 0.483. The first-order valence-corrected chi connectivity index (χ1v) is 13.8. The van der Waals surface area contributed by atoms with Gasteiger partial charge in [-0.3, -0.25) is 9.20 Å². The predicted octanol–water partition coefficient (Wildman–Crippen LogP) is 4.13. The van der Waals surface area contributed by atoms with E-state index >= 15 is 0 Å². The highest BCUT2D eigenvalue weighted by atomic mass is 16.6. The second kappa shape index (κ2) is 9.50. The Labute approximate surface area is 231 Å². The fourth-order valence-electron chi connectivity index (χ4n) is 5.96. The molecule has 2 aliphatic rings. The van der Waals surface area contributed by atoms with Crippen molar-refractivity contribution in [2.24, 2.45) is 5.41 Å². The van der Waals surface area contributed by atoms with Crippen LogP contribution < -0.4 is 10.3 Å². The van der Waals surface area contributed by atoms with Gasteiger partial charge in [-0.2, -0.15) is 4.98 Å². The van der Waals surface area contributed by atoms with E-state index in [0.29, 0.717) is 30.3 Å². The van der Waals surface area contributed by atoms with Crippen molar-refractivity contribution < 1.29 is 19.1 Å². The summed E-state index contributed by atoms with van der Waals surface area (Å²) in [6.07, 6.45) is 4.00. The van der Waals surface area contributed by atoms with Crippen LogP contribution in [0.2, 0.25) is 0 Å².